The molecule has 1 aliphatic heterocycles. The zero-order valence-corrected chi connectivity index (χ0v) is 19.6. The Kier molecular flexibility index (Phi) is 6.19. The van der Waals surface area contributed by atoms with E-state index in [1.54, 1.807) is 13.2 Å². The van der Waals surface area contributed by atoms with Crippen LogP contribution in [0.2, 0.25) is 0 Å². The van der Waals surface area contributed by atoms with Gasteiger partial charge < -0.3 is 23.8 Å². The number of halogens is 1. The molecule has 0 spiro atoms. The fraction of sp³-hybridized carbons (Fsp3) is 0.400. The number of fused-ring (bicyclic) bond motifs is 2. The molecule has 0 fully saturated rings. The van der Waals surface area contributed by atoms with Gasteiger partial charge in [0.2, 0.25) is 0 Å². The highest BCUT2D eigenvalue weighted by Gasteiger charge is 2.22. The van der Waals surface area contributed by atoms with Crippen molar-refractivity contribution >= 4 is 11.2 Å². The van der Waals surface area contributed by atoms with Gasteiger partial charge in [-0.1, -0.05) is 13.8 Å². The van der Waals surface area contributed by atoms with Gasteiger partial charge in [-0.2, -0.15) is 9.37 Å². The summed E-state index contributed by atoms with van der Waals surface area (Å²) in [6.45, 7) is 9.30. The molecule has 0 aliphatic carbocycles. The molecule has 0 amide bonds. The molecule has 178 valence electrons. The Hall–Kier alpha value is -3.46. The Balaban J connectivity index is 1.57. The van der Waals surface area contributed by atoms with E-state index < -0.39 is 6.08 Å². The molecule has 0 atom stereocenters. The minimum absolute atomic E-state index is 0.480. The molecule has 1 aliphatic rings. The molecular formula is C25H28FN5O3. The number of rotatable bonds is 8. The smallest absolute Gasteiger partial charge is 0.310 e. The van der Waals surface area contributed by atoms with Crippen LogP contribution in [0.25, 0.3) is 22.5 Å². The summed E-state index contributed by atoms with van der Waals surface area (Å²) in [5.74, 6) is 3.43. The third-order valence-corrected chi connectivity index (χ3v) is 5.79. The number of benzene rings is 1. The first-order chi connectivity index (χ1) is 16.5. The Morgan fingerprint density at radius 3 is 2.65 bits per heavy atom. The third-order valence-electron chi connectivity index (χ3n) is 5.79. The molecule has 4 heterocycles. The zero-order chi connectivity index (χ0) is 23.7. The highest BCUT2D eigenvalue weighted by Crippen LogP contribution is 2.38. The summed E-state index contributed by atoms with van der Waals surface area (Å²) >= 11 is 0. The van der Waals surface area contributed by atoms with E-state index in [-0.39, 0.29) is 0 Å². The third kappa shape index (κ3) is 4.48. The summed E-state index contributed by atoms with van der Waals surface area (Å²) in [7, 11) is 0. The van der Waals surface area contributed by atoms with Crippen molar-refractivity contribution in [2.75, 3.05) is 26.3 Å². The predicted molar refractivity (Wildman–Crippen MR) is 126 cm³/mol. The summed E-state index contributed by atoms with van der Waals surface area (Å²) in [4.78, 5) is 12.8. The lowest BCUT2D eigenvalue weighted by Crippen LogP contribution is -2.25. The van der Waals surface area contributed by atoms with Crippen molar-refractivity contribution in [1.82, 2.24) is 24.8 Å². The van der Waals surface area contributed by atoms with Crippen LogP contribution in [0.3, 0.4) is 0 Å². The number of nitrogens with zero attached hydrogens (tertiary/aromatic N) is 4. The van der Waals surface area contributed by atoms with E-state index in [4.69, 9.17) is 18.9 Å². The second-order valence-corrected chi connectivity index (χ2v) is 8.83. The molecule has 0 saturated heterocycles. The zero-order valence-electron chi connectivity index (χ0n) is 19.6. The lowest BCUT2D eigenvalue weighted by atomic mass is 10.0. The van der Waals surface area contributed by atoms with Gasteiger partial charge in [0.05, 0.1) is 12.0 Å². The Labute approximate surface area is 197 Å². The number of hydrogen-bond donors (Lipinski definition) is 1. The average molecular weight is 466 g/mol. The van der Waals surface area contributed by atoms with E-state index in [1.165, 1.54) is 0 Å². The number of imidazole rings is 1. The Morgan fingerprint density at radius 1 is 1.12 bits per heavy atom. The van der Waals surface area contributed by atoms with Gasteiger partial charge in [0.25, 0.3) is 0 Å². The van der Waals surface area contributed by atoms with Crippen molar-refractivity contribution < 1.29 is 18.3 Å². The predicted octanol–water partition coefficient (Wildman–Crippen LogP) is 4.14. The Morgan fingerprint density at radius 2 is 1.91 bits per heavy atom. The fourth-order valence-corrected chi connectivity index (χ4v) is 4.21. The molecule has 4 aromatic rings. The fourth-order valence-electron chi connectivity index (χ4n) is 4.21. The monoisotopic (exact) mass is 465 g/mol. The van der Waals surface area contributed by atoms with Crippen LogP contribution in [0.5, 0.6) is 11.5 Å². The maximum atomic E-state index is 14.1. The molecule has 0 saturated carbocycles. The first-order valence-electron chi connectivity index (χ1n) is 11.6. The van der Waals surface area contributed by atoms with Crippen LogP contribution in [-0.4, -0.2) is 45.8 Å². The van der Waals surface area contributed by atoms with Gasteiger partial charge >= 0.3 is 6.08 Å². The van der Waals surface area contributed by atoms with Crippen LogP contribution >= 0.6 is 0 Å². The molecule has 34 heavy (non-hydrogen) atoms. The van der Waals surface area contributed by atoms with E-state index >= 15 is 0 Å². The molecule has 5 rings (SSSR count). The van der Waals surface area contributed by atoms with Gasteiger partial charge in [-0.25, -0.2) is 9.97 Å². The maximum absolute atomic E-state index is 14.1. The van der Waals surface area contributed by atoms with Gasteiger partial charge in [0.1, 0.15) is 30.3 Å². The topological polar surface area (TPSA) is 87.2 Å². The van der Waals surface area contributed by atoms with Gasteiger partial charge in [0, 0.05) is 25.1 Å². The highest BCUT2D eigenvalue weighted by molar-refractivity contribution is 5.74. The molecular weight excluding hydrogens is 437 g/mol. The SMILES string of the molecule is Cc1nc(F)nc2c1nc(Cc1cc3c(cc1-c1ccco1)OCCO3)n2CCNCC(C)C. The van der Waals surface area contributed by atoms with Crippen LogP contribution in [0.4, 0.5) is 4.39 Å². The molecule has 8 nitrogen and oxygen atoms in total. The lowest BCUT2D eigenvalue weighted by molar-refractivity contribution is 0.171. The Bertz CT molecular complexity index is 1300. The summed E-state index contributed by atoms with van der Waals surface area (Å²) in [5.41, 5.74) is 3.50. The van der Waals surface area contributed by atoms with E-state index in [2.05, 4.69) is 29.1 Å². The number of furan rings is 1. The summed E-state index contributed by atoms with van der Waals surface area (Å²) < 4.78 is 33.4. The molecule has 0 bridgehead atoms. The van der Waals surface area contributed by atoms with E-state index in [9.17, 15) is 4.39 Å². The largest absolute Gasteiger partial charge is 0.486 e. The van der Waals surface area contributed by atoms with E-state index in [1.807, 2.05) is 28.8 Å². The van der Waals surface area contributed by atoms with Gasteiger partial charge in [-0.05, 0) is 49.2 Å². The van der Waals surface area contributed by atoms with Crippen LogP contribution in [-0.2, 0) is 13.0 Å². The number of ether oxygens (including phenoxy) is 2. The number of nitrogens with one attached hydrogen (secondary N) is 1. The molecule has 9 heteroatoms. The summed E-state index contributed by atoms with van der Waals surface area (Å²) in [5, 5.41) is 3.45. The number of aromatic nitrogens is 4. The van der Waals surface area contributed by atoms with Crippen molar-refractivity contribution in [2.45, 2.75) is 33.7 Å². The first-order valence-corrected chi connectivity index (χ1v) is 11.6. The van der Waals surface area contributed by atoms with Crippen molar-refractivity contribution in [3.05, 3.63) is 53.7 Å². The van der Waals surface area contributed by atoms with Crippen molar-refractivity contribution in [2.24, 2.45) is 5.92 Å². The maximum Gasteiger partial charge on any atom is 0.310 e. The quantitative estimate of drug-likeness (QED) is 0.309. The standard InChI is InChI=1S/C25H28FN5O3/c1-15(2)14-27-6-7-31-22(29-23-16(3)28-25(26)30-24(23)31)12-17-11-20-21(34-10-9-33-20)13-18(17)19-5-4-8-32-19/h4-5,8,11,13,15,27H,6-7,9-10,12,14H2,1-3H3. The van der Waals surface area contributed by atoms with Crippen molar-refractivity contribution in [1.29, 1.82) is 0 Å². The normalized spacial score (nSPS) is 13.2. The molecule has 3 aromatic heterocycles. The van der Waals surface area contributed by atoms with Gasteiger partial charge in [-0.15, -0.1) is 0 Å². The van der Waals surface area contributed by atoms with Crippen molar-refractivity contribution in [3.8, 4) is 22.8 Å². The summed E-state index contributed by atoms with van der Waals surface area (Å²) in [6, 6.07) is 7.70. The molecule has 0 unspecified atom stereocenters. The van der Waals surface area contributed by atoms with Crippen molar-refractivity contribution in [3.63, 3.8) is 0 Å². The first kappa shape index (κ1) is 22.3. The van der Waals surface area contributed by atoms with E-state index in [0.717, 1.165) is 29.3 Å². The molecule has 1 aromatic carbocycles. The minimum Gasteiger partial charge on any atom is -0.486 e. The summed E-state index contributed by atoms with van der Waals surface area (Å²) in [6.07, 6.45) is 1.38. The highest BCUT2D eigenvalue weighted by atomic mass is 19.1. The molecule has 0 radical (unpaired) electrons. The van der Waals surface area contributed by atoms with Crippen LogP contribution < -0.4 is 14.8 Å². The van der Waals surface area contributed by atoms with Crippen LogP contribution in [0.1, 0.15) is 30.9 Å². The minimum atomic E-state index is -0.747. The van der Waals surface area contributed by atoms with Crippen LogP contribution in [0.15, 0.2) is 34.9 Å². The second kappa shape index (κ2) is 9.42. The van der Waals surface area contributed by atoms with Crippen LogP contribution in [0, 0.1) is 18.9 Å². The van der Waals surface area contributed by atoms with Gasteiger partial charge in [-0.3, -0.25) is 0 Å². The number of hydrogen-bond acceptors (Lipinski definition) is 7. The molecule has 1 N–H and O–H groups in total. The second-order valence-electron chi connectivity index (χ2n) is 8.83. The van der Waals surface area contributed by atoms with Gasteiger partial charge in [0.15, 0.2) is 17.1 Å². The lowest BCUT2D eigenvalue weighted by Gasteiger charge is -2.21. The average Bonchev–Trinajstić information content (AvgIpc) is 3.45. The number of aryl methyl sites for hydroxylation is 1. The van der Waals surface area contributed by atoms with E-state index in [0.29, 0.717) is 67.0 Å².